The molecule has 0 bridgehead atoms. The zero-order valence-electron chi connectivity index (χ0n) is 11.0. The summed E-state index contributed by atoms with van der Waals surface area (Å²) in [5.74, 6) is -0.878. The number of nitro benzene ring substituents is 1. The standard InChI is InChI=1S/C15H10N2O4/c1-16-10-6-7-11(17(20)21)13-12(10)14(18)8-4-2-3-5-9(8)15(13)19/h2-7,16H,1H3. The van der Waals surface area contributed by atoms with Crippen LogP contribution in [0.3, 0.4) is 0 Å². The first-order valence-electron chi connectivity index (χ1n) is 6.24. The van der Waals surface area contributed by atoms with Crippen molar-refractivity contribution >= 4 is 22.9 Å². The third-order valence-corrected chi connectivity index (χ3v) is 3.52. The lowest BCUT2D eigenvalue weighted by molar-refractivity contribution is -0.385. The molecule has 0 saturated carbocycles. The number of nitrogens with one attached hydrogen (secondary N) is 1. The molecule has 3 rings (SSSR count). The summed E-state index contributed by atoms with van der Waals surface area (Å²) in [4.78, 5) is 35.7. The molecule has 0 fully saturated rings. The second-order valence-electron chi connectivity index (χ2n) is 4.59. The van der Waals surface area contributed by atoms with Gasteiger partial charge in [0.25, 0.3) is 5.69 Å². The highest BCUT2D eigenvalue weighted by molar-refractivity contribution is 6.31. The topological polar surface area (TPSA) is 89.3 Å². The molecule has 0 radical (unpaired) electrons. The molecule has 1 aliphatic carbocycles. The number of anilines is 1. The van der Waals surface area contributed by atoms with Gasteiger partial charge in [0.05, 0.1) is 10.5 Å². The number of nitro groups is 1. The first-order chi connectivity index (χ1) is 10.1. The van der Waals surface area contributed by atoms with Crippen molar-refractivity contribution in [2.24, 2.45) is 0 Å². The molecule has 2 aromatic rings. The molecule has 104 valence electrons. The van der Waals surface area contributed by atoms with E-state index in [1.54, 1.807) is 25.2 Å². The van der Waals surface area contributed by atoms with Crippen LogP contribution >= 0.6 is 0 Å². The number of fused-ring (bicyclic) bond motifs is 2. The smallest absolute Gasteiger partial charge is 0.281 e. The molecular weight excluding hydrogens is 272 g/mol. The number of nitrogens with zero attached hydrogens (tertiary/aromatic N) is 1. The van der Waals surface area contributed by atoms with Gasteiger partial charge in [-0.1, -0.05) is 24.3 Å². The summed E-state index contributed by atoms with van der Waals surface area (Å²) < 4.78 is 0. The van der Waals surface area contributed by atoms with Gasteiger partial charge in [0, 0.05) is 29.9 Å². The van der Waals surface area contributed by atoms with Gasteiger partial charge in [0.15, 0.2) is 5.78 Å². The van der Waals surface area contributed by atoms with Gasteiger partial charge in [-0.25, -0.2) is 0 Å². The van der Waals surface area contributed by atoms with Crippen molar-refractivity contribution in [2.45, 2.75) is 0 Å². The van der Waals surface area contributed by atoms with Gasteiger partial charge >= 0.3 is 0 Å². The van der Waals surface area contributed by atoms with Crippen molar-refractivity contribution in [1.82, 2.24) is 0 Å². The van der Waals surface area contributed by atoms with Crippen LogP contribution in [0.1, 0.15) is 31.8 Å². The first kappa shape index (κ1) is 13.0. The minimum absolute atomic E-state index is 0.0652. The average Bonchev–Trinajstić information content (AvgIpc) is 2.51. The highest BCUT2D eigenvalue weighted by Gasteiger charge is 2.37. The fraction of sp³-hybridized carbons (Fsp3) is 0.0667. The van der Waals surface area contributed by atoms with Crippen LogP contribution in [0.5, 0.6) is 0 Å². The van der Waals surface area contributed by atoms with Crippen LogP contribution in [-0.4, -0.2) is 23.5 Å². The summed E-state index contributed by atoms with van der Waals surface area (Å²) in [5, 5.41) is 14.0. The molecule has 0 spiro atoms. The van der Waals surface area contributed by atoms with Crippen molar-refractivity contribution in [3.05, 3.63) is 68.8 Å². The van der Waals surface area contributed by atoms with Crippen LogP contribution < -0.4 is 5.32 Å². The van der Waals surface area contributed by atoms with Gasteiger partial charge in [-0.2, -0.15) is 0 Å². The number of hydrogen-bond acceptors (Lipinski definition) is 5. The third-order valence-electron chi connectivity index (χ3n) is 3.52. The Kier molecular flexibility index (Phi) is 2.79. The molecule has 2 aromatic carbocycles. The van der Waals surface area contributed by atoms with E-state index in [1.807, 2.05) is 0 Å². The quantitative estimate of drug-likeness (QED) is 0.576. The number of rotatable bonds is 2. The van der Waals surface area contributed by atoms with E-state index >= 15 is 0 Å². The van der Waals surface area contributed by atoms with Crippen LogP contribution in [0, 0.1) is 10.1 Å². The zero-order valence-corrected chi connectivity index (χ0v) is 11.0. The molecule has 0 aromatic heterocycles. The largest absolute Gasteiger partial charge is 0.387 e. The van der Waals surface area contributed by atoms with Gasteiger partial charge in [0.2, 0.25) is 5.78 Å². The Hall–Kier alpha value is -3.02. The maximum Gasteiger partial charge on any atom is 0.281 e. The van der Waals surface area contributed by atoms with E-state index in [1.165, 1.54) is 18.2 Å². The van der Waals surface area contributed by atoms with Gasteiger partial charge in [-0.15, -0.1) is 0 Å². The van der Waals surface area contributed by atoms with E-state index < -0.39 is 10.7 Å². The molecule has 1 aliphatic rings. The normalized spacial score (nSPS) is 12.6. The van der Waals surface area contributed by atoms with Gasteiger partial charge < -0.3 is 5.32 Å². The highest BCUT2D eigenvalue weighted by Crippen LogP contribution is 2.36. The average molecular weight is 282 g/mol. The summed E-state index contributed by atoms with van der Waals surface area (Å²) in [6, 6.07) is 9.03. The molecule has 0 amide bonds. The lowest BCUT2D eigenvalue weighted by Gasteiger charge is -2.19. The number of hydrogen-bond donors (Lipinski definition) is 1. The number of ketones is 2. The van der Waals surface area contributed by atoms with Crippen molar-refractivity contribution in [3.8, 4) is 0 Å². The summed E-state index contributed by atoms with van der Waals surface area (Å²) in [5.41, 5.74) is 0.449. The SMILES string of the molecule is CNc1ccc([N+](=O)[O-])c2c1C(=O)c1ccccc1C2=O. The fourth-order valence-electron chi connectivity index (χ4n) is 2.57. The van der Waals surface area contributed by atoms with Crippen LogP contribution in [0.4, 0.5) is 11.4 Å². The highest BCUT2D eigenvalue weighted by atomic mass is 16.6. The Morgan fingerprint density at radius 1 is 0.952 bits per heavy atom. The maximum absolute atomic E-state index is 12.6. The Balaban J connectivity index is 2.41. The van der Waals surface area contributed by atoms with Crippen molar-refractivity contribution in [1.29, 1.82) is 0 Å². The van der Waals surface area contributed by atoms with E-state index in [0.29, 0.717) is 5.69 Å². The lowest BCUT2D eigenvalue weighted by Crippen LogP contribution is -2.23. The van der Waals surface area contributed by atoms with Crippen LogP contribution in [0.25, 0.3) is 0 Å². The molecule has 6 nitrogen and oxygen atoms in total. The zero-order chi connectivity index (χ0) is 15.1. The second-order valence-corrected chi connectivity index (χ2v) is 4.59. The molecular formula is C15H10N2O4. The molecule has 6 heteroatoms. The van der Waals surface area contributed by atoms with E-state index in [2.05, 4.69) is 5.32 Å². The number of benzene rings is 2. The Morgan fingerprint density at radius 2 is 1.52 bits per heavy atom. The van der Waals surface area contributed by atoms with Crippen LogP contribution in [0.15, 0.2) is 36.4 Å². The predicted octanol–water partition coefficient (Wildman–Crippen LogP) is 2.41. The molecule has 21 heavy (non-hydrogen) atoms. The van der Waals surface area contributed by atoms with Crippen LogP contribution in [-0.2, 0) is 0 Å². The van der Waals surface area contributed by atoms with Crippen LogP contribution in [0.2, 0.25) is 0 Å². The molecule has 0 saturated heterocycles. The van der Waals surface area contributed by atoms with E-state index in [4.69, 9.17) is 0 Å². The summed E-state index contributed by atoms with van der Waals surface area (Å²) in [6.45, 7) is 0. The Morgan fingerprint density at radius 3 is 2.05 bits per heavy atom. The van der Waals surface area contributed by atoms with E-state index in [-0.39, 0.29) is 33.7 Å². The van der Waals surface area contributed by atoms with Crippen molar-refractivity contribution < 1.29 is 14.5 Å². The summed E-state index contributed by atoms with van der Waals surface area (Å²) in [6.07, 6.45) is 0. The van der Waals surface area contributed by atoms with Gasteiger partial charge in [0.1, 0.15) is 5.56 Å². The maximum atomic E-state index is 12.6. The summed E-state index contributed by atoms with van der Waals surface area (Å²) >= 11 is 0. The molecule has 1 N–H and O–H groups in total. The third kappa shape index (κ3) is 1.73. The molecule has 0 unspecified atom stereocenters. The van der Waals surface area contributed by atoms with Crippen molar-refractivity contribution in [2.75, 3.05) is 12.4 Å². The first-order valence-corrected chi connectivity index (χ1v) is 6.24. The monoisotopic (exact) mass is 282 g/mol. The minimum Gasteiger partial charge on any atom is -0.387 e. The van der Waals surface area contributed by atoms with Gasteiger partial charge in [-0.05, 0) is 6.07 Å². The molecule has 0 heterocycles. The fourth-order valence-corrected chi connectivity index (χ4v) is 2.57. The number of carbonyl (C=O) groups excluding carboxylic acids is 2. The van der Waals surface area contributed by atoms with E-state index in [9.17, 15) is 19.7 Å². The number of carbonyl (C=O) groups is 2. The van der Waals surface area contributed by atoms with Crippen molar-refractivity contribution in [3.63, 3.8) is 0 Å². The predicted molar refractivity (Wildman–Crippen MR) is 76.0 cm³/mol. The Labute approximate surface area is 119 Å². The molecule has 0 atom stereocenters. The summed E-state index contributed by atoms with van der Waals surface area (Å²) in [7, 11) is 1.60. The minimum atomic E-state index is -0.641. The Bertz CT molecular complexity index is 811. The van der Waals surface area contributed by atoms with Gasteiger partial charge in [-0.3, -0.25) is 19.7 Å². The van der Waals surface area contributed by atoms with E-state index in [0.717, 1.165) is 0 Å². The molecule has 0 aliphatic heterocycles. The lowest BCUT2D eigenvalue weighted by atomic mass is 9.82. The second kappa shape index (κ2) is 4.52.